The Labute approximate surface area is 108 Å². The van der Waals surface area contributed by atoms with Crippen molar-refractivity contribution in [1.82, 2.24) is 15.1 Å². The van der Waals surface area contributed by atoms with Crippen molar-refractivity contribution in [2.75, 3.05) is 39.3 Å². The van der Waals surface area contributed by atoms with Crippen LogP contribution in [-0.4, -0.2) is 61.2 Å². The van der Waals surface area contributed by atoms with Gasteiger partial charge in [0.15, 0.2) is 0 Å². The summed E-state index contributed by atoms with van der Waals surface area (Å²) in [6.45, 7) is 16.3. The molecule has 0 aromatic rings. The Bertz CT molecular complexity index is 184. The van der Waals surface area contributed by atoms with Crippen LogP contribution in [-0.2, 0) is 0 Å². The van der Waals surface area contributed by atoms with Crippen LogP contribution in [0.4, 0.5) is 0 Å². The van der Waals surface area contributed by atoms with E-state index in [9.17, 15) is 0 Å². The number of likely N-dealkylation sites (N-methyl/N-ethyl adjacent to an activating group) is 1. The van der Waals surface area contributed by atoms with E-state index in [2.05, 4.69) is 42.8 Å². The highest BCUT2D eigenvalue weighted by molar-refractivity contribution is 4.80. The molecule has 3 heteroatoms. The molecular formula is C14H31N3. The standard InChI is InChI=1S/C14H31N3/c1-5-16(6-2)12-13(4)15-14-8-10-17(7-3)11-9-14/h13-15H,5-12H2,1-4H3. The maximum Gasteiger partial charge on any atom is 0.0169 e. The molecule has 0 bridgehead atoms. The third-order valence-electron chi connectivity index (χ3n) is 3.98. The maximum absolute atomic E-state index is 3.79. The first-order chi connectivity index (χ1) is 8.19. The minimum Gasteiger partial charge on any atom is -0.310 e. The van der Waals surface area contributed by atoms with Crippen LogP contribution in [0.5, 0.6) is 0 Å². The van der Waals surface area contributed by atoms with Crippen LogP contribution in [0.3, 0.4) is 0 Å². The highest BCUT2D eigenvalue weighted by atomic mass is 15.2. The van der Waals surface area contributed by atoms with Gasteiger partial charge in [-0.15, -0.1) is 0 Å². The van der Waals surface area contributed by atoms with Crippen molar-refractivity contribution in [3.05, 3.63) is 0 Å². The van der Waals surface area contributed by atoms with Gasteiger partial charge in [0.25, 0.3) is 0 Å². The zero-order valence-electron chi connectivity index (χ0n) is 12.2. The smallest absolute Gasteiger partial charge is 0.0169 e. The first-order valence-corrected chi connectivity index (χ1v) is 7.40. The van der Waals surface area contributed by atoms with E-state index in [1.807, 2.05) is 0 Å². The minimum atomic E-state index is 0.619. The maximum atomic E-state index is 3.79. The number of rotatable bonds is 7. The molecule has 0 aromatic carbocycles. The Balaban J connectivity index is 2.20. The molecule has 1 N–H and O–H groups in total. The molecule has 102 valence electrons. The molecule has 1 rings (SSSR count). The molecule has 0 aliphatic carbocycles. The van der Waals surface area contributed by atoms with Gasteiger partial charge in [-0.1, -0.05) is 20.8 Å². The summed E-state index contributed by atoms with van der Waals surface area (Å²) in [7, 11) is 0. The molecule has 1 saturated heterocycles. The highest BCUT2D eigenvalue weighted by Crippen LogP contribution is 2.10. The Morgan fingerprint density at radius 2 is 1.76 bits per heavy atom. The quantitative estimate of drug-likeness (QED) is 0.733. The van der Waals surface area contributed by atoms with Crippen LogP contribution < -0.4 is 5.32 Å². The highest BCUT2D eigenvalue weighted by Gasteiger charge is 2.19. The van der Waals surface area contributed by atoms with E-state index in [1.54, 1.807) is 0 Å². The monoisotopic (exact) mass is 241 g/mol. The fraction of sp³-hybridized carbons (Fsp3) is 1.00. The number of nitrogens with one attached hydrogen (secondary N) is 1. The minimum absolute atomic E-state index is 0.619. The molecule has 0 radical (unpaired) electrons. The molecule has 1 aliphatic heterocycles. The SMILES string of the molecule is CCN1CCC(NC(C)CN(CC)CC)CC1. The molecule has 0 saturated carbocycles. The fourth-order valence-corrected chi connectivity index (χ4v) is 2.74. The van der Waals surface area contributed by atoms with Crippen LogP contribution in [0.1, 0.15) is 40.5 Å². The molecule has 17 heavy (non-hydrogen) atoms. The van der Waals surface area contributed by atoms with Crippen molar-refractivity contribution in [2.24, 2.45) is 0 Å². The van der Waals surface area contributed by atoms with Crippen molar-refractivity contribution in [1.29, 1.82) is 0 Å². The summed E-state index contributed by atoms with van der Waals surface area (Å²) in [5.41, 5.74) is 0. The van der Waals surface area contributed by atoms with Gasteiger partial charge in [0.2, 0.25) is 0 Å². The van der Waals surface area contributed by atoms with Crippen LogP contribution in [0.2, 0.25) is 0 Å². The van der Waals surface area contributed by atoms with Gasteiger partial charge >= 0.3 is 0 Å². The summed E-state index contributed by atoms with van der Waals surface area (Å²) in [4.78, 5) is 5.05. The first-order valence-electron chi connectivity index (χ1n) is 7.40. The van der Waals surface area contributed by atoms with Crippen molar-refractivity contribution >= 4 is 0 Å². The number of piperidine rings is 1. The molecular weight excluding hydrogens is 210 g/mol. The van der Waals surface area contributed by atoms with Crippen molar-refractivity contribution in [3.8, 4) is 0 Å². The van der Waals surface area contributed by atoms with Crippen molar-refractivity contribution < 1.29 is 0 Å². The average Bonchev–Trinajstić information content (AvgIpc) is 2.37. The van der Waals surface area contributed by atoms with E-state index in [1.165, 1.54) is 39.0 Å². The van der Waals surface area contributed by atoms with E-state index < -0.39 is 0 Å². The second-order valence-electron chi connectivity index (χ2n) is 5.26. The molecule has 1 unspecified atom stereocenters. The second kappa shape index (κ2) is 8.06. The number of nitrogens with zero attached hydrogens (tertiary/aromatic N) is 2. The Kier molecular flexibility index (Phi) is 7.09. The molecule has 1 atom stereocenters. The molecule has 0 spiro atoms. The van der Waals surface area contributed by atoms with Gasteiger partial charge in [0, 0.05) is 18.6 Å². The van der Waals surface area contributed by atoms with Gasteiger partial charge in [0.05, 0.1) is 0 Å². The van der Waals surface area contributed by atoms with Crippen LogP contribution in [0.25, 0.3) is 0 Å². The number of hydrogen-bond donors (Lipinski definition) is 1. The Morgan fingerprint density at radius 3 is 2.24 bits per heavy atom. The van der Waals surface area contributed by atoms with Gasteiger partial charge in [-0.25, -0.2) is 0 Å². The van der Waals surface area contributed by atoms with Crippen molar-refractivity contribution in [3.63, 3.8) is 0 Å². The molecule has 3 nitrogen and oxygen atoms in total. The molecule has 0 amide bonds. The second-order valence-corrected chi connectivity index (χ2v) is 5.26. The summed E-state index contributed by atoms with van der Waals surface area (Å²) in [6.07, 6.45) is 2.63. The van der Waals surface area contributed by atoms with E-state index in [-0.39, 0.29) is 0 Å². The van der Waals surface area contributed by atoms with Crippen molar-refractivity contribution in [2.45, 2.75) is 52.6 Å². The topological polar surface area (TPSA) is 18.5 Å². The summed E-state index contributed by atoms with van der Waals surface area (Å²) in [5, 5.41) is 3.79. The van der Waals surface area contributed by atoms with Gasteiger partial charge in [-0.05, 0) is 52.5 Å². The lowest BCUT2D eigenvalue weighted by molar-refractivity contribution is 0.188. The fourth-order valence-electron chi connectivity index (χ4n) is 2.74. The third kappa shape index (κ3) is 5.36. The zero-order chi connectivity index (χ0) is 12.7. The lowest BCUT2D eigenvalue weighted by Gasteiger charge is -2.34. The first kappa shape index (κ1) is 14.9. The van der Waals surface area contributed by atoms with Gasteiger partial charge in [-0.2, -0.15) is 0 Å². The van der Waals surface area contributed by atoms with Crippen LogP contribution in [0.15, 0.2) is 0 Å². The lowest BCUT2D eigenvalue weighted by atomic mass is 10.0. The predicted molar refractivity (Wildman–Crippen MR) is 75.5 cm³/mol. The molecule has 1 fully saturated rings. The van der Waals surface area contributed by atoms with E-state index >= 15 is 0 Å². The van der Waals surface area contributed by atoms with E-state index in [0.29, 0.717) is 6.04 Å². The third-order valence-corrected chi connectivity index (χ3v) is 3.98. The molecule has 1 aliphatic rings. The molecule has 0 aromatic heterocycles. The number of hydrogen-bond acceptors (Lipinski definition) is 3. The van der Waals surface area contributed by atoms with Gasteiger partial charge in [0.1, 0.15) is 0 Å². The summed E-state index contributed by atoms with van der Waals surface area (Å²) < 4.78 is 0. The lowest BCUT2D eigenvalue weighted by Crippen LogP contribution is -2.48. The van der Waals surface area contributed by atoms with Gasteiger partial charge in [-0.3, -0.25) is 0 Å². The predicted octanol–water partition coefficient (Wildman–Crippen LogP) is 1.79. The Morgan fingerprint density at radius 1 is 1.18 bits per heavy atom. The summed E-state index contributed by atoms with van der Waals surface area (Å²) in [6, 6.07) is 1.36. The van der Waals surface area contributed by atoms with Crippen LogP contribution >= 0.6 is 0 Å². The molecule has 1 heterocycles. The zero-order valence-corrected chi connectivity index (χ0v) is 12.2. The number of likely N-dealkylation sites (tertiary alicyclic amines) is 1. The van der Waals surface area contributed by atoms with E-state index in [0.717, 1.165) is 19.1 Å². The van der Waals surface area contributed by atoms with E-state index in [4.69, 9.17) is 0 Å². The Hall–Kier alpha value is -0.120. The van der Waals surface area contributed by atoms with Crippen LogP contribution in [0, 0.1) is 0 Å². The van der Waals surface area contributed by atoms with Gasteiger partial charge < -0.3 is 15.1 Å². The average molecular weight is 241 g/mol. The summed E-state index contributed by atoms with van der Waals surface area (Å²) in [5.74, 6) is 0. The largest absolute Gasteiger partial charge is 0.310 e. The normalized spacial score (nSPS) is 21.0. The summed E-state index contributed by atoms with van der Waals surface area (Å²) >= 11 is 0.